The molecule has 0 spiro atoms. The van der Waals surface area contributed by atoms with Crippen LogP contribution in [-0.2, 0) is 23.1 Å². The molecule has 0 radical (unpaired) electrons. The molecular formula is C24H33N3O3S. The molecule has 0 saturated carbocycles. The van der Waals surface area contributed by atoms with Gasteiger partial charge in [-0.15, -0.1) is 0 Å². The van der Waals surface area contributed by atoms with Crippen LogP contribution in [-0.4, -0.2) is 43.8 Å². The van der Waals surface area contributed by atoms with Crippen molar-refractivity contribution in [2.75, 3.05) is 20.1 Å². The quantitative estimate of drug-likeness (QED) is 0.693. The highest BCUT2D eigenvalue weighted by molar-refractivity contribution is 7.89. The number of carbonyl (C=O) groups excluding carboxylic acids is 1. The lowest BCUT2D eigenvalue weighted by atomic mass is 10.0. The average Bonchev–Trinajstić information content (AvgIpc) is 2.78. The van der Waals surface area contributed by atoms with Crippen molar-refractivity contribution in [2.45, 2.75) is 57.0 Å². The Kier molecular flexibility index (Phi) is 7.73. The van der Waals surface area contributed by atoms with E-state index in [1.807, 2.05) is 0 Å². The van der Waals surface area contributed by atoms with Crippen LogP contribution < -0.4 is 5.32 Å². The number of hydrogen-bond donors (Lipinski definition) is 1. The van der Waals surface area contributed by atoms with Gasteiger partial charge in [-0.25, -0.2) is 13.2 Å². The number of urea groups is 1. The number of benzene rings is 2. The van der Waals surface area contributed by atoms with Crippen molar-refractivity contribution >= 4 is 16.1 Å². The summed E-state index contributed by atoms with van der Waals surface area (Å²) >= 11 is 0. The lowest BCUT2D eigenvalue weighted by Crippen LogP contribution is -2.36. The zero-order chi connectivity index (χ0) is 22.4. The number of sulfonamides is 1. The van der Waals surface area contributed by atoms with E-state index < -0.39 is 10.0 Å². The maximum absolute atomic E-state index is 12.7. The summed E-state index contributed by atoms with van der Waals surface area (Å²) in [5.74, 6) is 0.483. The van der Waals surface area contributed by atoms with Gasteiger partial charge in [0.15, 0.2) is 0 Å². The SMILES string of the molecule is CC(C)c1ccc(CN(C)C(=O)NCc2ccc(S(=O)(=O)N3CCCCC3)cc2)cc1. The first-order valence-corrected chi connectivity index (χ1v) is 12.4. The largest absolute Gasteiger partial charge is 0.334 e. The van der Waals surface area contributed by atoms with Crippen LogP contribution >= 0.6 is 0 Å². The molecule has 1 aliphatic rings. The first-order chi connectivity index (χ1) is 14.8. The monoisotopic (exact) mass is 443 g/mol. The molecule has 1 heterocycles. The predicted octanol–water partition coefficient (Wildman–Crippen LogP) is 4.33. The Morgan fingerprint density at radius 3 is 2.13 bits per heavy atom. The molecule has 0 atom stereocenters. The highest BCUT2D eigenvalue weighted by atomic mass is 32.2. The summed E-state index contributed by atoms with van der Waals surface area (Å²) in [7, 11) is -1.67. The molecule has 1 aliphatic heterocycles. The van der Waals surface area contributed by atoms with Crippen LogP contribution in [0.25, 0.3) is 0 Å². The average molecular weight is 444 g/mol. The second-order valence-electron chi connectivity index (χ2n) is 8.52. The second-order valence-corrected chi connectivity index (χ2v) is 10.5. The number of nitrogens with zero attached hydrogens (tertiary/aromatic N) is 2. The lowest BCUT2D eigenvalue weighted by molar-refractivity contribution is 0.206. The number of piperidine rings is 1. The first-order valence-electron chi connectivity index (χ1n) is 10.9. The molecule has 0 aliphatic carbocycles. The van der Waals surface area contributed by atoms with Crippen LogP contribution in [0.4, 0.5) is 4.79 Å². The normalized spacial score (nSPS) is 15.1. The van der Waals surface area contributed by atoms with Gasteiger partial charge in [0.2, 0.25) is 10.0 Å². The van der Waals surface area contributed by atoms with Crippen molar-refractivity contribution < 1.29 is 13.2 Å². The van der Waals surface area contributed by atoms with Gasteiger partial charge in [-0.3, -0.25) is 0 Å². The molecule has 1 N–H and O–H groups in total. The van der Waals surface area contributed by atoms with Gasteiger partial charge < -0.3 is 10.2 Å². The summed E-state index contributed by atoms with van der Waals surface area (Å²) in [6.45, 7) is 6.37. The second kappa shape index (κ2) is 10.3. The number of carbonyl (C=O) groups is 1. The molecule has 2 aromatic carbocycles. The topological polar surface area (TPSA) is 69.7 Å². The van der Waals surface area contributed by atoms with E-state index in [9.17, 15) is 13.2 Å². The highest BCUT2D eigenvalue weighted by Gasteiger charge is 2.25. The van der Waals surface area contributed by atoms with Crippen LogP contribution in [0.3, 0.4) is 0 Å². The van der Waals surface area contributed by atoms with Gasteiger partial charge in [-0.2, -0.15) is 4.31 Å². The third-order valence-electron chi connectivity index (χ3n) is 5.73. The molecule has 1 fully saturated rings. The number of nitrogens with one attached hydrogen (secondary N) is 1. The van der Waals surface area contributed by atoms with Crippen molar-refractivity contribution in [1.82, 2.24) is 14.5 Å². The van der Waals surface area contributed by atoms with Gasteiger partial charge in [-0.1, -0.05) is 56.7 Å². The zero-order valence-electron chi connectivity index (χ0n) is 18.7. The van der Waals surface area contributed by atoms with Crippen molar-refractivity contribution in [2.24, 2.45) is 0 Å². The summed E-state index contributed by atoms with van der Waals surface area (Å²) < 4.78 is 27.0. The molecule has 0 unspecified atom stereocenters. The van der Waals surface area contributed by atoms with Gasteiger partial charge in [0, 0.05) is 33.2 Å². The van der Waals surface area contributed by atoms with Crippen LogP contribution in [0.1, 0.15) is 55.7 Å². The van der Waals surface area contributed by atoms with E-state index in [1.165, 1.54) is 5.56 Å². The highest BCUT2D eigenvalue weighted by Crippen LogP contribution is 2.21. The Balaban J connectivity index is 1.52. The summed E-state index contributed by atoms with van der Waals surface area (Å²) in [6, 6.07) is 14.9. The number of hydrogen-bond acceptors (Lipinski definition) is 3. The van der Waals surface area contributed by atoms with E-state index in [1.54, 1.807) is 40.5 Å². The molecule has 1 saturated heterocycles. The molecular weight excluding hydrogens is 410 g/mol. The number of amides is 2. The molecule has 7 heteroatoms. The summed E-state index contributed by atoms with van der Waals surface area (Å²) in [6.07, 6.45) is 2.92. The lowest BCUT2D eigenvalue weighted by Gasteiger charge is -2.25. The molecule has 31 heavy (non-hydrogen) atoms. The molecule has 0 bridgehead atoms. The molecule has 2 aromatic rings. The summed E-state index contributed by atoms with van der Waals surface area (Å²) in [5, 5.41) is 2.90. The minimum Gasteiger partial charge on any atom is -0.334 e. The summed E-state index contributed by atoms with van der Waals surface area (Å²) in [4.78, 5) is 14.4. The van der Waals surface area contributed by atoms with Crippen molar-refractivity contribution in [3.63, 3.8) is 0 Å². The Bertz CT molecular complexity index is 964. The maximum Gasteiger partial charge on any atom is 0.317 e. The Morgan fingerprint density at radius 1 is 0.968 bits per heavy atom. The van der Waals surface area contributed by atoms with Gasteiger partial charge in [0.25, 0.3) is 0 Å². The van der Waals surface area contributed by atoms with E-state index in [0.717, 1.165) is 30.4 Å². The van der Waals surface area contributed by atoms with Gasteiger partial charge in [0.1, 0.15) is 0 Å². The van der Waals surface area contributed by atoms with Crippen LogP contribution in [0.15, 0.2) is 53.4 Å². The van der Waals surface area contributed by atoms with Crippen LogP contribution in [0.2, 0.25) is 0 Å². The fraction of sp³-hybridized carbons (Fsp3) is 0.458. The molecule has 2 amide bonds. The molecule has 0 aromatic heterocycles. The van der Waals surface area contributed by atoms with E-state index in [2.05, 4.69) is 43.4 Å². The van der Waals surface area contributed by atoms with E-state index in [4.69, 9.17) is 0 Å². The summed E-state index contributed by atoms with van der Waals surface area (Å²) in [5.41, 5.74) is 3.22. The Hall–Kier alpha value is -2.38. The van der Waals surface area contributed by atoms with Gasteiger partial charge in [-0.05, 0) is 47.6 Å². The predicted molar refractivity (Wildman–Crippen MR) is 123 cm³/mol. The fourth-order valence-corrected chi connectivity index (χ4v) is 5.22. The maximum atomic E-state index is 12.7. The Morgan fingerprint density at radius 2 is 1.55 bits per heavy atom. The third-order valence-corrected chi connectivity index (χ3v) is 7.65. The smallest absolute Gasteiger partial charge is 0.317 e. The number of rotatable bonds is 7. The molecule has 6 nitrogen and oxygen atoms in total. The molecule has 3 rings (SSSR count). The van der Waals surface area contributed by atoms with Crippen LogP contribution in [0, 0.1) is 0 Å². The fourth-order valence-electron chi connectivity index (χ4n) is 3.70. The standard InChI is InChI=1S/C24H33N3O3S/c1-19(2)22-11-7-21(8-12-22)18-26(3)24(28)25-17-20-9-13-23(14-10-20)31(29,30)27-15-5-4-6-16-27/h7-14,19H,4-6,15-18H2,1-3H3,(H,25,28). The van der Waals surface area contributed by atoms with E-state index in [0.29, 0.717) is 37.0 Å². The molecule has 168 valence electrons. The first kappa shape index (κ1) is 23.3. The van der Waals surface area contributed by atoms with Crippen molar-refractivity contribution in [3.05, 3.63) is 65.2 Å². The van der Waals surface area contributed by atoms with Gasteiger partial charge in [0.05, 0.1) is 4.90 Å². The Labute approximate surface area is 186 Å². The third kappa shape index (κ3) is 6.08. The van der Waals surface area contributed by atoms with Crippen LogP contribution in [0.5, 0.6) is 0 Å². The minimum absolute atomic E-state index is 0.169. The van der Waals surface area contributed by atoms with Crippen molar-refractivity contribution in [1.29, 1.82) is 0 Å². The van der Waals surface area contributed by atoms with E-state index >= 15 is 0 Å². The minimum atomic E-state index is -3.43. The van der Waals surface area contributed by atoms with Gasteiger partial charge >= 0.3 is 6.03 Å². The van der Waals surface area contributed by atoms with E-state index in [-0.39, 0.29) is 6.03 Å². The zero-order valence-corrected chi connectivity index (χ0v) is 19.5. The van der Waals surface area contributed by atoms with Crippen molar-refractivity contribution in [3.8, 4) is 0 Å².